The van der Waals surface area contributed by atoms with E-state index in [2.05, 4.69) is 0 Å². The van der Waals surface area contributed by atoms with Gasteiger partial charge in [-0.25, -0.2) is 0 Å². The lowest BCUT2D eigenvalue weighted by Gasteiger charge is -2.28. The van der Waals surface area contributed by atoms with Gasteiger partial charge in [0.2, 0.25) is 0 Å². The normalized spacial score (nSPS) is 12.9. The Morgan fingerprint density at radius 1 is 0.889 bits per heavy atom. The quantitative estimate of drug-likeness (QED) is 0.339. The Balaban J connectivity index is 2.22. The molecule has 7 heteroatoms. The van der Waals surface area contributed by atoms with Crippen molar-refractivity contribution in [1.82, 2.24) is 0 Å². The third-order valence-corrected chi connectivity index (χ3v) is 6.97. The van der Waals surface area contributed by atoms with Crippen LogP contribution in [0.5, 0.6) is 5.75 Å². The molecule has 1 unspecified atom stereocenters. The van der Waals surface area contributed by atoms with Crippen LogP contribution in [0.2, 0.25) is 6.04 Å². The van der Waals surface area contributed by atoms with Gasteiger partial charge < -0.3 is 27.9 Å². The summed E-state index contributed by atoms with van der Waals surface area (Å²) in [5.74, 6) is 0.809. The lowest BCUT2D eigenvalue weighted by molar-refractivity contribution is 0.0632. The molecule has 0 saturated carbocycles. The van der Waals surface area contributed by atoms with Crippen LogP contribution in [-0.4, -0.2) is 59.7 Å². The summed E-state index contributed by atoms with van der Waals surface area (Å²) >= 11 is 0. The van der Waals surface area contributed by atoms with E-state index >= 15 is 0 Å². The molecule has 0 amide bonds. The van der Waals surface area contributed by atoms with Crippen molar-refractivity contribution >= 4 is 8.80 Å². The second kappa shape index (κ2) is 14.1. The molecular formula is C20H36O6Si. The van der Waals surface area contributed by atoms with Crippen LogP contribution >= 0.6 is 0 Å². The van der Waals surface area contributed by atoms with Gasteiger partial charge in [0, 0.05) is 32.5 Å². The number of hydrogen-bond donors (Lipinski definition) is 1. The molecule has 0 saturated heterocycles. The molecular weight excluding hydrogens is 364 g/mol. The first-order valence-electron chi connectivity index (χ1n) is 9.94. The van der Waals surface area contributed by atoms with Gasteiger partial charge >= 0.3 is 8.80 Å². The molecule has 0 spiro atoms. The van der Waals surface area contributed by atoms with E-state index in [4.69, 9.17) is 22.8 Å². The Morgan fingerprint density at radius 3 is 2.00 bits per heavy atom. The van der Waals surface area contributed by atoms with E-state index in [0.29, 0.717) is 46.1 Å². The summed E-state index contributed by atoms with van der Waals surface area (Å²) in [6.07, 6.45) is 1.15. The molecule has 0 aliphatic rings. The highest BCUT2D eigenvalue weighted by Gasteiger charge is 2.39. The highest BCUT2D eigenvalue weighted by atomic mass is 28.4. The molecule has 1 atom stereocenters. The Bertz CT molecular complexity index is 463. The summed E-state index contributed by atoms with van der Waals surface area (Å²) in [5, 5.41) is 9.39. The predicted molar refractivity (Wildman–Crippen MR) is 108 cm³/mol. The minimum Gasteiger partial charge on any atom is -0.491 e. The van der Waals surface area contributed by atoms with Crippen LogP contribution < -0.4 is 4.74 Å². The van der Waals surface area contributed by atoms with Gasteiger partial charge in [-0.05, 0) is 58.2 Å². The second-order valence-electron chi connectivity index (χ2n) is 6.24. The van der Waals surface area contributed by atoms with Gasteiger partial charge in [0.25, 0.3) is 0 Å². The summed E-state index contributed by atoms with van der Waals surface area (Å²) < 4.78 is 28.8. The molecule has 0 heterocycles. The minimum atomic E-state index is -2.56. The van der Waals surface area contributed by atoms with Crippen LogP contribution in [-0.2, 0) is 24.4 Å². The topological polar surface area (TPSA) is 66.4 Å². The molecule has 1 aromatic carbocycles. The molecule has 1 rings (SSSR count). The summed E-state index contributed by atoms with van der Waals surface area (Å²) in [7, 11) is -2.56. The zero-order valence-corrected chi connectivity index (χ0v) is 18.2. The molecule has 6 nitrogen and oxygen atoms in total. The standard InChI is InChI=1S/C20H36O6Si/c1-5-24-27(25-6-2,26-7-3)16-8-13-22-14-15-23-20-11-9-19(10-12-20)17-18(4)21/h9-12,18,21H,5-8,13-17H2,1-4H3. The lowest BCUT2D eigenvalue weighted by atomic mass is 10.1. The summed E-state index contributed by atoms with van der Waals surface area (Å²) in [6.45, 7) is 11.1. The molecule has 1 N–H and O–H groups in total. The average Bonchev–Trinajstić information content (AvgIpc) is 2.62. The fourth-order valence-electron chi connectivity index (χ4n) is 2.78. The van der Waals surface area contributed by atoms with Crippen LogP contribution in [0.1, 0.15) is 39.7 Å². The van der Waals surface area contributed by atoms with Crippen molar-refractivity contribution in [2.75, 3.05) is 39.6 Å². The van der Waals surface area contributed by atoms with Gasteiger partial charge in [-0.3, -0.25) is 0 Å². The summed E-state index contributed by atoms with van der Waals surface area (Å²) in [6, 6.07) is 8.55. The Hall–Kier alpha value is -0.963. The van der Waals surface area contributed by atoms with Crippen molar-refractivity contribution in [3.63, 3.8) is 0 Å². The van der Waals surface area contributed by atoms with Crippen LogP contribution in [0.15, 0.2) is 24.3 Å². The van der Waals surface area contributed by atoms with Crippen LogP contribution in [0.3, 0.4) is 0 Å². The Morgan fingerprint density at radius 2 is 1.48 bits per heavy atom. The zero-order valence-electron chi connectivity index (χ0n) is 17.2. The maximum absolute atomic E-state index is 9.39. The first kappa shape index (κ1) is 24.1. The van der Waals surface area contributed by atoms with Crippen LogP contribution in [0.4, 0.5) is 0 Å². The zero-order chi connectivity index (χ0) is 20.0. The van der Waals surface area contributed by atoms with E-state index in [1.807, 2.05) is 45.0 Å². The summed E-state index contributed by atoms with van der Waals surface area (Å²) in [4.78, 5) is 0. The smallest absolute Gasteiger partial charge is 0.491 e. The molecule has 156 valence electrons. The minimum absolute atomic E-state index is 0.333. The van der Waals surface area contributed by atoms with Crippen molar-refractivity contribution in [1.29, 1.82) is 0 Å². The van der Waals surface area contributed by atoms with E-state index in [-0.39, 0.29) is 6.10 Å². The van der Waals surface area contributed by atoms with Crippen molar-refractivity contribution in [2.24, 2.45) is 0 Å². The van der Waals surface area contributed by atoms with E-state index < -0.39 is 8.80 Å². The van der Waals surface area contributed by atoms with E-state index in [1.165, 1.54) is 0 Å². The molecule has 0 aliphatic carbocycles. The lowest BCUT2D eigenvalue weighted by Crippen LogP contribution is -2.46. The van der Waals surface area contributed by atoms with Crippen molar-refractivity contribution < 1.29 is 27.9 Å². The predicted octanol–water partition coefficient (Wildman–Crippen LogP) is 3.44. The molecule has 0 aromatic heterocycles. The first-order chi connectivity index (χ1) is 13.0. The number of hydrogen-bond acceptors (Lipinski definition) is 6. The highest BCUT2D eigenvalue weighted by Crippen LogP contribution is 2.18. The van der Waals surface area contributed by atoms with E-state index in [0.717, 1.165) is 23.8 Å². The van der Waals surface area contributed by atoms with Gasteiger partial charge in [0.15, 0.2) is 0 Å². The second-order valence-corrected chi connectivity index (χ2v) is 8.98. The summed E-state index contributed by atoms with van der Waals surface area (Å²) in [5.41, 5.74) is 1.10. The molecule has 1 aromatic rings. The fraction of sp³-hybridized carbons (Fsp3) is 0.700. The SMILES string of the molecule is CCO[Si](CCCOCCOc1ccc(CC(C)O)cc1)(OCC)OCC. The largest absolute Gasteiger partial charge is 0.501 e. The number of aliphatic hydroxyl groups is 1. The van der Waals surface area contributed by atoms with Crippen molar-refractivity contribution in [2.45, 2.75) is 52.7 Å². The number of ether oxygens (including phenoxy) is 2. The van der Waals surface area contributed by atoms with E-state index in [1.54, 1.807) is 6.92 Å². The number of rotatable bonds is 16. The fourth-order valence-corrected chi connectivity index (χ4v) is 5.36. The monoisotopic (exact) mass is 400 g/mol. The molecule has 0 radical (unpaired) electrons. The third-order valence-electron chi connectivity index (χ3n) is 3.82. The number of benzene rings is 1. The van der Waals surface area contributed by atoms with Crippen molar-refractivity contribution in [3.05, 3.63) is 29.8 Å². The third kappa shape index (κ3) is 10.2. The van der Waals surface area contributed by atoms with Crippen LogP contribution in [0, 0.1) is 0 Å². The first-order valence-corrected chi connectivity index (χ1v) is 11.9. The number of aliphatic hydroxyl groups excluding tert-OH is 1. The van der Waals surface area contributed by atoms with Gasteiger partial charge in [-0.1, -0.05) is 12.1 Å². The highest BCUT2D eigenvalue weighted by molar-refractivity contribution is 6.60. The Labute approximate surface area is 165 Å². The molecule has 0 fully saturated rings. The maximum Gasteiger partial charge on any atom is 0.501 e. The van der Waals surface area contributed by atoms with Gasteiger partial charge in [-0.15, -0.1) is 0 Å². The van der Waals surface area contributed by atoms with E-state index in [9.17, 15) is 5.11 Å². The van der Waals surface area contributed by atoms with Gasteiger partial charge in [0.1, 0.15) is 12.4 Å². The molecule has 0 bridgehead atoms. The average molecular weight is 401 g/mol. The maximum atomic E-state index is 9.39. The van der Waals surface area contributed by atoms with Gasteiger partial charge in [0.05, 0.1) is 12.7 Å². The molecule has 0 aliphatic heterocycles. The Kier molecular flexibility index (Phi) is 12.6. The van der Waals surface area contributed by atoms with Crippen molar-refractivity contribution in [3.8, 4) is 5.75 Å². The van der Waals surface area contributed by atoms with Gasteiger partial charge in [-0.2, -0.15) is 0 Å². The molecule has 27 heavy (non-hydrogen) atoms. The van der Waals surface area contributed by atoms with Crippen LogP contribution in [0.25, 0.3) is 0 Å².